The summed E-state index contributed by atoms with van der Waals surface area (Å²) in [6.45, 7) is 0.312. The molecule has 6 heteroatoms. The molecule has 2 aromatic heterocycles. The number of benzene rings is 1. The van der Waals surface area contributed by atoms with Gasteiger partial charge in [0.25, 0.3) is 5.56 Å². The molecular weight excluding hydrogens is 290 g/mol. The fraction of sp³-hybridized carbons (Fsp3) is 0.267. The second-order valence-electron chi connectivity index (χ2n) is 5.30. The van der Waals surface area contributed by atoms with Crippen molar-refractivity contribution in [2.75, 3.05) is 0 Å². The molecular formula is C15H12ClN3O2. The number of hydrogen-bond donors (Lipinski definition) is 0. The highest BCUT2D eigenvalue weighted by Gasteiger charge is 2.27. The zero-order valence-electron chi connectivity index (χ0n) is 11.1. The minimum atomic E-state index is -0.171. The van der Waals surface area contributed by atoms with Crippen molar-refractivity contribution in [3.8, 4) is 0 Å². The van der Waals surface area contributed by atoms with Gasteiger partial charge < -0.3 is 4.52 Å². The number of hydrogen-bond acceptors (Lipinski definition) is 4. The van der Waals surface area contributed by atoms with Gasteiger partial charge >= 0.3 is 0 Å². The van der Waals surface area contributed by atoms with Gasteiger partial charge in [-0.25, -0.2) is 4.98 Å². The molecule has 0 amide bonds. The van der Waals surface area contributed by atoms with Crippen LogP contribution >= 0.6 is 11.6 Å². The van der Waals surface area contributed by atoms with Crippen LogP contribution in [0.1, 0.15) is 30.2 Å². The lowest BCUT2D eigenvalue weighted by Gasteiger charge is -2.05. The van der Waals surface area contributed by atoms with Crippen LogP contribution in [-0.2, 0) is 6.54 Å². The second kappa shape index (κ2) is 4.70. The topological polar surface area (TPSA) is 60.9 Å². The van der Waals surface area contributed by atoms with E-state index in [9.17, 15) is 4.79 Å². The first kappa shape index (κ1) is 12.6. The average molecular weight is 302 g/mol. The van der Waals surface area contributed by atoms with Crippen molar-refractivity contribution in [2.24, 2.45) is 0 Å². The standard InChI is InChI=1S/C15H12ClN3O2/c16-11-2-1-3-12-14(11)15(20)19(8-17-12)7-10-6-13(18-21-10)9-4-5-9/h1-3,6,8-9H,4-5,7H2. The number of halogens is 1. The van der Waals surface area contributed by atoms with Gasteiger partial charge in [-0.1, -0.05) is 22.8 Å². The molecule has 0 bridgehead atoms. The highest BCUT2D eigenvalue weighted by molar-refractivity contribution is 6.35. The maximum atomic E-state index is 12.5. The second-order valence-corrected chi connectivity index (χ2v) is 5.71. The molecule has 0 spiro atoms. The number of aromatic nitrogens is 3. The third kappa shape index (κ3) is 2.23. The normalized spacial score (nSPS) is 14.7. The van der Waals surface area contributed by atoms with Gasteiger partial charge in [-0.15, -0.1) is 0 Å². The molecule has 0 N–H and O–H groups in total. The van der Waals surface area contributed by atoms with Crippen molar-refractivity contribution < 1.29 is 4.52 Å². The molecule has 1 aliphatic rings. The van der Waals surface area contributed by atoms with E-state index < -0.39 is 0 Å². The summed E-state index contributed by atoms with van der Waals surface area (Å²) in [5.74, 6) is 1.19. The average Bonchev–Trinajstić information content (AvgIpc) is 3.22. The van der Waals surface area contributed by atoms with Crippen molar-refractivity contribution in [1.29, 1.82) is 0 Å². The molecule has 21 heavy (non-hydrogen) atoms. The molecule has 0 aliphatic heterocycles. The summed E-state index contributed by atoms with van der Waals surface area (Å²) in [5, 5.41) is 4.89. The molecule has 1 saturated carbocycles. The Morgan fingerprint density at radius 1 is 1.38 bits per heavy atom. The zero-order valence-corrected chi connectivity index (χ0v) is 11.9. The van der Waals surface area contributed by atoms with Gasteiger partial charge in [0.1, 0.15) is 0 Å². The van der Waals surface area contributed by atoms with E-state index in [1.807, 2.05) is 6.07 Å². The summed E-state index contributed by atoms with van der Waals surface area (Å²) in [6.07, 6.45) is 3.85. The predicted molar refractivity (Wildman–Crippen MR) is 78.6 cm³/mol. The van der Waals surface area contributed by atoms with Crippen LogP contribution in [0.5, 0.6) is 0 Å². The van der Waals surface area contributed by atoms with Gasteiger partial charge in [0, 0.05) is 12.0 Å². The van der Waals surface area contributed by atoms with Crippen LogP contribution in [0.25, 0.3) is 10.9 Å². The van der Waals surface area contributed by atoms with Crippen molar-refractivity contribution in [1.82, 2.24) is 14.7 Å². The fourth-order valence-corrected chi connectivity index (χ4v) is 2.67. The lowest BCUT2D eigenvalue weighted by atomic mass is 10.2. The summed E-state index contributed by atoms with van der Waals surface area (Å²) < 4.78 is 6.79. The van der Waals surface area contributed by atoms with Gasteiger partial charge in [0.15, 0.2) is 5.76 Å². The molecule has 1 fully saturated rings. The van der Waals surface area contributed by atoms with E-state index in [0.29, 0.717) is 34.1 Å². The molecule has 1 aliphatic carbocycles. The van der Waals surface area contributed by atoms with E-state index in [4.69, 9.17) is 16.1 Å². The molecule has 5 nitrogen and oxygen atoms in total. The molecule has 4 rings (SSSR count). The molecule has 0 unspecified atom stereocenters. The Morgan fingerprint density at radius 2 is 2.24 bits per heavy atom. The Balaban J connectivity index is 1.74. The van der Waals surface area contributed by atoms with Gasteiger partial charge in [-0.2, -0.15) is 0 Å². The summed E-state index contributed by atoms with van der Waals surface area (Å²) >= 11 is 6.10. The van der Waals surface area contributed by atoms with Crippen molar-refractivity contribution >= 4 is 22.5 Å². The minimum absolute atomic E-state index is 0.171. The van der Waals surface area contributed by atoms with Gasteiger partial charge in [-0.05, 0) is 25.0 Å². The van der Waals surface area contributed by atoms with E-state index >= 15 is 0 Å². The molecule has 2 heterocycles. The van der Waals surface area contributed by atoms with Crippen LogP contribution in [0, 0.1) is 0 Å². The highest BCUT2D eigenvalue weighted by Crippen LogP contribution is 2.39. The Morgan fingerprint density at radius 3 is 3.05 bits per heavy atom. The first-order valence-corrected chi connectivity index (χ1v) is 7.19. The van der Waals surface area contributed by atoms with E-state index in [0.717, 1.165) is 5.69 Å². The minimum Gasteiger partial charge on any atom is -0.359 e. The highest BCUT2D eigenvalue weighted by atomic mass is 35.5. The summed E-state index contributed by atoms with van der Waals surface area (Å²) in [6, 6.07) is 7.16. The molecule has 0 radical (unpaired) electrons. The monoisotopic (exact) mass is 301 g/mol. The Labute approximate surface area is 125 Å². The van der Waals surface area contributed by atoms with Gasteiger partial charge in [0.05, 0.1) is 34.5 Å². The van der Waals surface area contributed by atoms with E-state index in [-0.39, 0.29) is 5.56 Å². The molecule has 3 aromatic rings. The van der Waals surface area contributed by atoms with Crippen LogP contribution < -0.4 is 5.56 Å². The Bertz CT molecular complexity index is 880. The molecule has 0 atom stereocenters. The third-order valence-corrected chi connectivity index (χ3v) is 4.02. The van der Waals surface area contributed by atoms with Crippen LogP contribution in [0.3, 0.4) is 0 Å². The van der Waals surface area contributed by atoms with E-state index in [1.54, 1.807) is 18.2 Å². The maximum absolute atomic E-state index is 12.5. The molecule has 106 valence electrons. The quantitative estimate of drug-likeness (QED) is 0.746. The molecule has 0 saturated heterocycles. The third-order valence-electron chi connectivity index (χ3n) is 3.70. The Hall–Kier alpha value is -2.14. The lowest BCUT2D eigenvalue weighted by Crippen LogP contribution is -2.21. The van der Waals surface area contributed by atoms with Crippen LogP contribution in [0.15, 0.2) is 39.9 Å². The summed E-state index contributed by atoms with van der Waals surface area (Å²) in [4.78, 5) is 16.8. The van der Waals surface area contributed by atoms with Gasteiger partial charge in [0.2, 0.25) is 0 Å². The zero-order chi connectivity index (χ0) is 14.4. The van der Waals surface area contributed by atoms with E-state index in [2.05, 4.69) is 10.1 Å². The first-order chi connectivity index (χ1) is 10.2. The SMILES string of the molecule is O=c1c2c(Cl)cccc2ncn1Cc1cc(C2CC2)no1. The molecule has 1 aromatic carbocycles. The van der Waals surface area contributed by atoms with Crippen molar-refractivity contribution in [3.05, 3.63) is 57.4 Å². The van der Waals surface area contributed by atoms with E-state index in [1.165, 1.54) is 23.7 Å². The first-order valence-electron chi connectivity index (χ1n) is 6.81. The number of fused-ring (bicyclic) bond motifs is 1. The number of rotatable bonds is 3. The largest absolute Gasteiger partial charge is 0.359 e. The lowest BCUT2D eigenvalue weighted by molar-refractivity contribution is 0.369. The van der Waals surface area contributed by atoms with Crippen LogP contribution in [0.4, 0.5) is 0 Å². The predicted octanol–water partition coefficient (Wildman–Crippen LogP) is 2.96. The van der Waals surface area contributed by atoms with Crippen molar-refractivity contribution in [3.63, 3.8) is 0 Å². The smallest absolute Gasteiger partial charge is 0.263 e. The van der Waals surface area contributed by atoms with Crippen LogP contribution in [-0.4, -0.2) is 14.7 Å². The fourth-order valence-electron chi connectivity index (χ4n) is 2.42. The number of nitrogens with zero attached hydrogens (tertiary/aromatic N) is 3. The van der Waals surface area contributed by atoms with Crippen LogP contribution in [0.2, 0.25) is 5.02 Å². The summed E-state index contributed by atoms with van der Waals surface area (Å²) in [5.41, 5.74) is 1.40. The summed E-state index contributed by atoms with van der Waals surface area (Å²) in [7, 11) is 0. The van der Waals surface area contributed by atoms with Gasteiger partial charge in [-0.3, -0.25) is 9.36 Å². The van der Waals surface area contributed by atoms with Crippen molar-refractivity contribution in [2.45, 2.75) is 25.3 Å². The Kier molecular flexibility index (Phi) is 2.82. The maximum Gasteiger partial charge on any atom is 0.263 e.